The van der Waals surface area contributed by atoms with Crippen molar-refractivity contribution in [3.05, 3.63) is 36.7 Å². The van der Waals surface area contributed by atoms with Crippen LogP contribution in [-0.4, -0.2) is 29.4 Å². The number of hydrogen-bond acceptors (Lipinski definition) is 4. The number of hydrogen-bond donors (Lipinski definition) is 0. The van der Waals surface area contributed by atoms with Crippen LogP contribution in [0.15, 0.2) is 36.7 Å². The molecule has 2 aromatic rings. The van der Waals surface area contributed by atoms with E-state index in [1.807, 2.05) is 31.2 Å². The minimum Gasteiger partial charge on any atom is -0.494 e. The summed E-state index contributed by atoms with van der Waals surface area (Å²) in [6, 6.07) is 8.43. The summed E-state index contributed by atoms with van der Waals surface area (Å²) in [6.45, 7) is 5.41. The van der Waals surface area contributed by atoms with Crippen molar-refractivity contribution < 1.29 is 13.9 Å². The largest absolute Gasteiger partial charge is 0.494 e. The van der Waals surface area contributed by atoms with Gasteiger partial charge in [0.25, 0.3) is 0 Å². The van der Waals surface area contributed by atoms with Crippen LogP contribution in [0.1, 0.15) is 90.9 Å². The first kappa shape index (κ1) is 26.1. The molecule has 5 heteroatoms. The molecule has 32 heavy (non-hydrogen) atoms. The van der Waals surface area contributed by atoms with Gasteiger partial charge in [0.2, 0.25) is 0 Å². The zero-order chi connectivity index (χ0) is 22.9. The molecule has 0 aliphatic heterocycles. The highest BCUT2D eigenvalue weighted by Crippen LogP contribution is 2.22. The molecule has 4 nitrogen and oxygen atoms in total. The summed E-state index contributed by atoms with van der Waals surface area (Å²) in [5.74, 6) is 0.899. The Morgan fingerprint density at radius 1 is 0.719 bits per heavy atom. The fourth-order valence-electron chi connectivity index (χ4n) is 3.54. The van der Waals surface area contributed by atoms with Crippen molar-refractivity contribution in [1.82, 2.24) is 9.97 Å². The average Bonchev–Trinajstić information content (AvgIpc) is 2.83. The van der Waals surface area contributed by atoms with Crippen LogP contribution in [0, 0.1) is 0 Å². The van der Waals surface area contributed by atoms with Gasteiger partial charge in [-0.3, -0.25) is 0 Å². The molecule has 1 heterocycles. The van der Waals surface area contributed by atoms with Gasteiger partial charge in [0, 0.05) is 18.0 Å². The molecule has 2 rings (SSSR count). The molecule has 178 valence electrons. The van der Waals surface area contributed by atoms with Gasteiger partial charge in [0.1, 0.15) is 5.75 Å². The lowest BCUT2D eigenvalue weighted by Gasteiger charge is -2.08. The van der Waals surface area contributed by atoms with Gasteiger partial charge in [-0.15, -0.1) is 0 Å². The lowest BCUT2D eigenvalue weighted by atomic mass is 10.1. The molecule has 0 saturated heterocycles. The maximum Gasteiger partial charge on any atom is 0.316 e. The fourth-order valence-corrected chi connectivity index (χ4v) is 3.54. The second-order valence-electron chi connectivity index (χ2n) is 8.45. The number of aromatic nitrogens is 2. The van der Waals surface area contributed by atoms with E-state index in [-0.39, 0.29) is 0 Å². The first-order valence-corrected chi connectivity index (χ1v) is 12.5. The second-order valence-corrected chi connectivity index (χ2v) is 8.45. The van der Waals surface area contributed by atoms with Crippen molar-refractivity contribution in [2.24, 2.45) is 0 Å². The molecule has 0 bridgehead atoms. The molecule has 1 atom stereocenters. The summed E-state index contributed by atoms with van der Waals surface area (Å²) in [4.78, 5) is 8.58. The quantitative estimate of drug-likeness (QED) is 0.219. The summed E-state index contributed by atoms with van der Waals surface area (Å²) in [7, 11) is 0. The van der Waals surface area contributed by atoms with E-state index in [1.54, 1.807) is 12.4 Å². The Morgan fingerprint density at radius 3 is 1.97 bits per heavy atom. The number of ether oxygens (including phenoxy) is 2. The van der Waals surface area contributed by atoms with Crippen molar-refractivity contribution >= 4 is 0 Å². The zero-order valence-electron chi connectivity index (χ0n) is 20.0. The predicted octanol–water partition coefficient (Wildman–Crippen LogP) is 7.96. The first-order valence-electron chi connectivity index (χ1n) is 12.5. The van der Waals surface area contributed by atoms with Crippen molar-refractivity contribution in [2.75, 3.05) is 13.2 Å². The monoisotopic (exact) mass is 444 g/mol. The lowest BCUT2D eigenvalue weighted by molar-refractivity contribution is 0.259. The van der Waals surface area contributed by atoms with E-state index in [4.69, 9.17) is 9.47 Å². The highest BCUT2D eigenvalue weighted by molar-refractivity contribution is 5.62. The van der Waals surface area contributed by atoms with E-state index in [0.717, 1.165) is 42.7 Å². The molecule has 0 aliphatic rings. The number of nitrogens with zero attached hydrogens (tertiary/aromatic N) is 2. The summed E-state index contributed by atoms with van der Waals surface area (Å²) in [5.41, 5.74) is 1.99. The van der Waals surface area contributed by atoms with Gasteiger partial charge in [-0.25, -0.2) is 14.4 Å². The summed E-state index contributed by atoms with van der Waals surface area (Å²) in [6.07, 6.45) is 16.1. The Morgan fingerprint density at radius 2 is 1.31 bits per heavy atom. The maximum absolute atomic E-state index is 13.2. The van der Waals surface area contributed by atoms with Gasteiger partial charge in [0.05, 0.1) is 19.4 Å². The Balaban J connectivity index is 1.62. The van der Waals surface area contributed by atoms with E-state index in [0.29, 0.717) is 25.5 Å². The van der Waals surface area contributed by atoms with Crippen LogP contribution in [0.2, 0.25) is 0 Å². The van der Waals surface area contributed by atoms with E-state index >= 15 is 0 Å². The molecule has 0 fully saturated rings. The van der Waals surface area contributed by atoms with Crippen molar-refractivity contribution in [1.29, 1.82) is 0 Å². The molecule has 0 spiro atoms. The Labute approximate surface area is 194 Å². The molecule has 0 amide bonds. The molecule has 0 aliphatic carbocycles. The molecular formula is C27H41FN2O2. The van der Waals surface area contributed by atoms with Gasteiger partial charge >= 0.3 is 6.01 Å². The summed E-state index contributed by atoms with van der Waals surface area (Å²) in [5, 5.41) is 0. The van der Waals surface area contributed by atoms with Crippen molar-refractivity contribution in [2.45, 2.75) is 97.1 Å². The molecule has 0 unspecified atom stereocenters. The van der Waals surface area contributed by atoms with Crippen LogP contribution in [0.4, 0.5) is 4.39 Å². The highest BCUT2D eigenvalue weighted by atomic mass is 19.1. The number of alkyl halides is 1. The second kappa shape index (κ2) is 16.5. The third-order valence-electron chi connectivity index (χ3n) is 5.67. The number of rotatable bonds is 18. The van der Waals surface area contributed by atoms with Crippen molar-refractivity contribution in [3.63, 3.8) is 0 Å². The zero-order valence-corrected chi connectivity index (χ0v) is 20.0. The van der Waals surface area contributed by atoms with Crippen molar-refractivity contribution in [3.8, 4) is 22.9 Å². The molecule has 1 aromatic carbocycles. The SMILES string of the molecule is CCCCCCCCCCOc1ccc(-c2cnc(OCCCC[C@H](F)CC)nc2)cc1. The standard InChI is InChI=1S/C27H41FN2O2/c1-3-5-6-7-8-9-10-12-19-31-26-17-15-23(16-18-26)24-21-29-27(30-22-24)32-20-13-11-14-25(28)4-2/h15-18,21-22,25H,3-14,19-20H2,1-2H3/t25-/m1/s1. The van der Waals surface area contributed by atoms with Crippen LogP contribution in [0.5, 0.6) is 11.8 Å². The summed E-state index contributed by atoms with van der Waals surface area (Å²) < 4.78 is 24.6. The third-order valence-corrected chi connectivity index (χ3v) is 5.67. The van der Waals surface area contributed by atoms with E-state index in [1.165, 1.54) is 44.9 Å². The Hall–Kier alpha value is -2.17. The molecule has 0 saturated carbocycles. The van der Waals surface area contributed by atoms with Crippen LogP contribution in [0.3, 0.4) is 0 Å². The van der Waals surface area contributed by atoms with Gasteiger partial charge in [-0.1, -0.05) is 70.9 Å². The minimum atomic E-state index is -0.701. The smallest absolute Gasteiger partial charge is 0.316 e. The molecular weight excluding hydrogens is 403 g/mol. The maximum atomic E-state index is 13.2. The van der Waals surface area contributed by atoms with Gasteiger partial charge < -0.3 is 9.47 Å². The lowest BCUT2D eigenvalue weighted by Crippen LogP contribution is -2.03. The summed E-state index contributed by atoms with van der Waals surface area (Å²) >= 11 is 0. The van der Waals surface area contributed by atoms with Crippen LogP contribution < -0.4 is 9.47 Å². The molecule has 0 radical (unpaired) electrons. The predicted molar refractivity (Wildman–Crippen MR) is 130 cm³/mol. The van der Waals surface area contributed by atoms with E-state index in [2.05, 4.69) is 16.9 Å². The van der Waals surface area contributed by atoms with Crippen LogP contribution in [-0.2, 0) is 0 Å². The average molecular weight is 445 g/mol. The van der Waals surface area contributed by atoms with Gasteiger partial charge in [-0.05, 0) is 49.8 Å². The third kappa shape index (κ3) is 10.9. The molecule has 1 aromatic heterocycles. The Kier molecular flexibility index (Phi) is 13.4. The van der Waals surface area contributed by atoms with E-state index in [9.17, 15) is 4.39 Å². The normalized spacial score (nSPS) is 12.0. The number of benzene rings is 1. The topological polar surface area (TPSA) is 44.2 Å². The number of halogens is 1. The first-order chi connectivity index (χ1) is 15.7. The molecule has 0 N–H and O–H groups in total. The number of unbranched alkanes of at least 4 members (excludes halogenated alkanes) is 8. The fraction of sp³-hybridized carbons (Fsp3) is 0.630. The Bertz CT molecular complexity index is 707. The van der Waals surface area contributed by atoms with Gasteiger partial charge in [0.15, 0.2) is 0 Å². The highest BCUT2D eigenvalue weighted by Gasteiger charge is 2.05. The van der Waals surface area contributed by atoms with Gasteiger partial charge in [-0.2, -0.15) is 0 Å². The van der Waals surface area contributed by atoms with E-state index < -0.39 is 6.17 Å². The minimum absolute atomic E-state index is 0.367. The van der Waals surface area contributed by atoms with Crippen LogP contribution >= 0.6 is 0 Å². The van der Waals surface area contributed by atoms with Crippen LogP contribution in [0.25, 0.3) is 11.1 Å².